The van der Waals surface area contributed by atoms with Gasteiger partial charge in [-0.05, 0) is 55.3 Å². The fourth-order valence-electron chi connectivity index (χ4n) is 6.62. The molecular weight excluding hydrogens is 276 g/mol. The molecular formula is C19H28O3. The van der Waals surface area contributed by atoms with Crippen molar-refractivity contribution in [2.24, 2.45) is 34.5 Å². The molecule has 4 rings (SSSR count). The van der Waals surface area contributed by atoms with Crippen LogP contribution >= 0.6 is 0 Å². The number of allylic oxidation sites excluding steroid dienone is 1. The van der Waals surface area contributed by atoms with Crippen molar-refractivity contribution >= 4 is 5.78 Å². The first-order valence-corrected chi connectivity index (χ1v) is 9.05. The molecule has 22 heavy (non-hydrogen) atoms. The van der Waals surface area contributed by atoms with Crippen molar-refractivity contribution in [1.29, 1.82) is 0 Å². The molecule has 0 bridgehead atoms. The Morgan fingerprint density at radius 2 is 2.00 bits per heavy atom. The minimum atomic E-state index is -1.33. The van der Waals surface area contributed by atoms with Gasteiger partial charge in [-0.2, -0.15) is 0 Å². The highest BCUT2D eigenvalue weighted by Gasteiger charge is 2.61. The molecule has 2 N–H and O–H groups in total. The van der Waals surface area contributed by atoms with Gasteiger partial charge < -0.3 is 10.2 Å². The molecule has 0 aliphatic heterocycles. The van der Waals surface area contributed by atoms with E-state index in [0.29, 0.717) is 23.0 Å². The summed E-state index contributed by atoms with van der Waals surface area (Å²) in [5.74, 6) is 1.59. The van der Waals surface area contributed by atoms with Crippen molar-refractivity contribution in [1.82, 2.24) is 0 Å². The third-order valence-electron chi connectivity index (χ3n) is 7.86. The summed E-state index contributed by atoms with van der Waals surface area (Å²) >= 11 is 0. The molecule has 0 aromatic carbocycles. The van der Waals surface area contributed by atoms with Crippen LogP contribution in [-0.4, -0.2) is 22.3 Å². The number of aliphatic hydroxyl groups excluding tert-OH is 1. The number of hydrogen-bond acceptors (Lipinski definition) is 3. The van der Waals surface area contributed by atoms with Gasteiger partial charge in [0.2, 0.25) is 0 Å². The van der Waals surface area contributed by atoms with Crippen LogP contribution in [0.15, 0.2) is 12.2 Å². The molecule has 0 saturated heterocycles. The molecule has 0 radical (unpaired) electrons. The van der Waals surface area contributed by atoms with E-state index < -0.39 is 11.7 Å². The van der Waals surface area contributed by atoms with Gasteiger partial charge in [0.05, 0.1) is 0 Å². The molecule has 1 unspecified atom stereocenters. The second-order valence-electron chi connectivity index (χ2n) is 8.52. The van der Waals surface area contributed by atoms with Crippen molar-refractivity contribution < 1.29 is 15.0 Å². The van der Waals surface area contributed by atoms with Crippen LogP contribution in [0, 0.1) is 34.5 Å². The number of fused-ring (bicyclic) bond motifs is 5. The summed E-state index contributed by atoms with van der Waals surface area (Å²) in [4.78, 5) is 12.9. The first kappa shape index (κ1) is 14.9. The Morgan fingerprint density at radius 1 is 1.18 bits per heavy atom. The van der Waals surface area contributed by atoms with Gasteiger partial charge in [0.15, 0.2) is 6.29 Å². The first-order valence-electron chi connectivity index (χ1n) is 9.05. The maximum atomic E-state index is 12.9. The fourth-order valence-corrected chi connectivity index (χ4v) is 6.62. The average molecular weight is 304 g/mol. The van der Waals surface area contributed by atoms with Crippen LogP contribution in [0.5, 0.6) is 0 Å². The smallest absolute Gasteiger partial charge is 0.160 e. The van der Waals surface area contributed by atoms with E-state index in [4.69, 9.17) is 0 Å². The predicted molar refractivity (Wildman–Crippen MR) is 83.8 cm³/mol. The van der Waals surface area contributed by atoms with Crippen molar-refractivity contribution in [2.75, 3.05) is 0 Å². The van der Waals surface area contributed by atoms with Crippen LogP contribution < -0.4 is 0 Å². The lowest BCUT2D eigenvalue weighted by Gasteiger charge is -2.59. The summed E-state index contributed by atoms with van der Waals surface area (Å²) < 4.78 is 0. The predicted octanol–water partition coefficient (Wildman–Crippen LogP) is 3.06. The monoisotopic (exact) mass is 304 g/mol. The second kappa shape index (κ2) is 4.91. The number of carbonyl (C=O) groups excluding carboxylic acids is 1. The fraction of sp³-hybridized carbons (Fsp3) is 0.842. The quantitative estimate of drug-likeness (QED) is 0.578. The minimum Gasteiger partial charge on any atom is -0.367 e. The number of hydrogen-bond donors (Lipinski definition) is 2. The Morgan fingerprint density at radius 3 is 2.77 bits per heavy atom. The van der Waals surface area contributed by atoms with E-state index in [1.807, 2.05) is 6.08 Å². The molecule has 4 aliphatic rings. The van der Waals surface area contributed by atoms with Crippen molar-refractivity contribution in [2.45, 2.75) is 64.6 Å². The van der Waals surface area contributed by atoms with E-state index >= 15 is 0 Å². The third kappa shape index (κ3) is 1.78. The highest BCUT2D eigenvalue weighted by Crippen LogP contribution is 2.64. The van der Waals surface area contributed by atoms with Crippen LogP contribution in [-0.2, 0) is 4.79 Å². The normalized spacial score (nSPS) is 50.6. The molecule has 6 atom stereocenters. The zero-order chi connectivity index (χ0) is 15.5. The summed E-state index contributed by atoms with van der Waals surface area (Å²) in [6, 6.07) is 0. The minimum absolute atomic E-state index is 0.0462. The van der Waals surface area contributed by atoms with E-state index in [-0.39, 0.29) is 11.8 Å². The van der Waals surface area contributed by atoms with Crippen LogP contribution in [0.2, 0.25) is 0 Å². The molecule has 0 heterocycles. The van der Waals surface area contributed by atoms with E-state index in [2.05, 4.69) is 13.0 Å². The average Bonchev–Trinajstić information content (AvgIpc) is 2.93. The molecule has 122 valence electrons. The summed E-state index contributed by atoms with van der Waals surface area (Å²) in [5, 5.41) is 20.0. The maximum Gasteiger partial charge on any atom is 0.160 e. The highest BCUT2D eigenvalue weighted by atomic mass is 16.5. The molecule has 0 aromatic rings. The van der Waals surface area contributed by atoms with Crippen LogP contribution in [0.25, 0.3) is 0 Å². The Balaban J connectivity index is 1.72. The first-order chi connectivity index (χ1) is 10.5. The summed E-state index contributed by atoms with van der Waals surface area (Å²) in [6.45, 7) is 2.42. The number of Topliss-reactive ketones (excluding diaryl/α,β-unsaturated/α-hetero) is 1. The van der Waals surface area contributed by atoms with Crippen molar-refractivity contribution in [3.8, 4) is 0 Å². The molecule has 0 aromatic heterocycles. The van der Waals surface area contributed by atoms with Crippen LogP contribution in [0.4, 0.5) is 0 Å². The summed E-state index contributed by atoms with van der Waals surface area (Å²) in [6.07, 6.45) is 11.1. The Labute approximate surface area is 132 Å². The van der Waals surface area contributed by atoms with Crippen LogP contribution in [0.3, 0.4) is 0 Å². The SMILES string of the molecule is C[C@]12CCCCC1CC(=O)[C@@H]1[C@@H]2CC[C@]2(C(O)O)C=CC[C@@H]12. The van der Waals surface area contributed by atoms with Gasteiger partial charge in [-0.1, -0.05) is 31.9 Å². The van der Waals surface area contributed by atoms with Crippen molar-refractivity contribution in [3.63, 3.8) is 0 Å². The number of ketones is 1. The molecule has 3 fully saturated rings. The van der Waals surface area contributed by atoms with Gasteiger partial charge in [-0.25, -0.2) is 0 Å². The second-order valence-corrected chi connectivity index (χ2v) is 8.52. The third-order valence-corrected chi connectivity index (χ3v) is 7.86. The molecule has 3 saturated carbocycles. The zero-order valence-electron chi connectivity index (χ0n) is 13.5. The largest absolute Gasteiger partial charge is 0.367 e. The van der Waals surface area contributed by atoms with E-state index in [9.17, 15) is 15.0 Å². The number of aliphatic hydroxyl groups is 2. The van der Waals surface area contributed by atoms with Gasteiger partial charge in [0.1, 0.15) is 5.78 Å². The summed E-state index contributed by atoms with van der Waals surface area (Å²) in [5.41, 5.74) is -0.263. The lowest BCUT2D eigenvalue weighted by atomic mass is 9.44. The molecule has 0 amide bonds. The molecule has 4 aliphatic carbocycles. The standard InChI is InChI=1S/C19H28O3/c1-18-8-3-2-5-12(18)11-15(20)16-13(18)7-10-19(17(21)22)9-4-6-14(16)19/h4,9,12-14,16-17,21-22H,2-3,5-8,10-11H2,1H3/t12?,13-,14-,16+,18-,19+/m0/s1. The number of rotatable bonds is 1. The van der Waals surface area contributed by atoms with Gasteiger partial charge in [0, 0.05) is 17.8 Å². The Hall–Kier alpha value is -0.670. The van der Waals surface area contributed by atoms with Crippen molar-refractivity contribution in [3.05, 3.63) is 12.2 Å². The number of carbonyl (C=O) groups is 1. The Bertz CT molecular complexity index is 511. The van der Waals surface area contributed by atoms with Gasteiger partial charge in [-0.15, -0.1) is 0 Å². The van der Waals surface area contributed by atoms with Gasteiger partial charge in [-0.3, -0.25) is 4.79 Å². The lowest BCUT2D eigenvalue weighted by Crippen LogP contribution is -2.58. The molecule has 3 heteroatoms. The Kier molecular flexibility index (Phi) is 3.32. The molecule has 3 nitrogen and oxygen atoms in total. The maximum absolute atomic E-state index is 12.9. The van der Waals surface area contributed by atoms with Gasteiger partial charge >= 0.3 is 0 Å². The van der Waals surface area contributed by atoms with E-state index in [1.54, 1.807) is 0 Å². The van der Waals surface area contributed by atoms with E-state index in [0.717, 1.165) is 25.7 Å². The summed E-state index contributed by atoms with van der Waals surface area (Å²) in [7, 11) is 0. The zero-order valence-corrected chi connectivity index (χ0v) is 13.5. The highest BCUT2D eigenvalue weighted by molar-refractivity contribution is 5.83. The molecule has 0 spiro atoms. The van der Waals surface area contributed by atoms with Crippen LogP contribution in [0.1, 0.15) is 58.3 Å². The topological polar surface area (TPSA) is 57.5 Å². The van der Waals surface area contributed by atoms with E-state index in [1.165, 1.54) is 25.7 Å². The lowest BCUT2D eigenvalue weighted by molar-refractivity contribution is -0.188. The van der Waals surface area contributed by atoms with Gasteiger partial charge in [0.25, 0.3) is 0 Å².